The first kappa shape index (κ1) is 23.1. The van der Waals surface area contributed by atoms with Crippen molar-refractivity contribution in [2.24, 2.45) is 5.73 Å². The first-order valence-electron chi connectivity index (χ1n) is 7.91. The highest BCUT2D eigenvalue weighted by molar-refractivity contribution is 5.89. The summed E-state index contributed by atoms with van der Waals surface area (Å²) in [6.45, 7) is 5.89. The van der Waals surface area contributed by atoms with Crippen LogP contribution in [0.15, 0.2) is 42.5 Å². The summed E-state index contributed by atoms with van der Waals surface area (Å²) >= 11 is 0. The number of benzene rings is 1. The van der Waals surface area contributed by atoms with E-state index in [0.29, 0.717) is 25.1 Å². The maximum absolute atomic E-state index is 11.6. The van der Waals surface area contributed by atoms with Crippen molar-refractivity contribution >= 4 is 18.0 Å². The van der Waals surface area contributed by atoms with E-state index in [9.17, 15) is 14.4 Å². The molecular formula is C18H26N2O6. The molecule has 1 amide bonds. The standard InChI is InChI=1S/C14H22N2O2.C4H4O4/c1-14(2,3)18-13(17)16-12(10-15)9-11-7-5-4-6-8-11;5-3(6)1-2-4(7)8/h4-8,12H,9-10,15H2,1-3H3,(H,16,17);1-2H,(H,5,6)(H,7,8). The van der Waals surface area contributed by atoms with E-state index in [4.69, 9.17) is 20.7 Å². The molecule has 0 radical (unpaired) electrons. The van der Waals surface area contributed by atoms with Crippen LogP contribution in [0.5, 0.6) is 0 Å². The van der Waals surface area contributed by atoms with Crippen LogP contribution in [-0.2, 0) is 20.7 Å². The first-order chi connectivity index (χ1) is 12.0. The van der Waals surface area contributed by atoms with Crippen molar-refractivity contribution in [3.05, 3.63) is 48.0 Å². The van der Waals surface area contributed by atoms with Gasteiger partial charge >= 0.3 is 18.0 Å². The van der Waals surface area contributed by atoms with Crippen LogP contribution in [0.4, 0.5) is 4.79 Å². The van der Waals surface area contributed by atoms with E-state index in [0.717, 1.165) is 5.56 Å². The van der Waals surface area contributed by atoms with Gasteiger partial charge in [-0.25, -0.2) is 14.4 Å². The molecule has 0 heterocycles. The highest BCUT2D eigenvalue weighted by Gasteiger charge is 2.18. The summed E-state index contributed by atoms with van der Waals surface area (Å²) in [5.41, 5.74) is 6.31. The van der Waals surface area contributed by atoms with Gasteiger partial charge < -0.3 is 26.0 Å². The van der Waals surface area contributed by atoms with Crippen LogP contribution in [0.1, 0.15) is 26.3 Å². The SMILES string of the molecule is CC(C)(C)OC(=O)NC(CN)Cc1ccccc1.O=C(O)C=CC(=O)O. The van der Waals surface area contributed by atoms with Gasteiger partial charge in [-0.1, -0.05) is 30.3 Å². The zero-order valence-electron chi connectivity index (χ0n) is 15.1. The number of carbonyl (C=O) groups is 3. The van der Waals surface area contributed by atoms with E-state index >= 15 is 0 Å². The normalized spacial score (nSPS) is 11.8. The van der Waals surface area contributed by atoms with Crippen LogP contribution < -0.4 is 11.1 Å². The van der Waals surface area contributed by atoms with E-state index in [2.05, 4.69) is 5.32 Å². The molecule has 0 bridgehead atoms. The summed E-state index contributed by atoms with van der Waals surface area (Å²) < 4.78 is 5.20. The molecule has 8 nitrogen and oxygen atoms in total. The third-order valence-electron chi connectivity index (χ3n) is 2.70. The minimum Gasteiger partial charge on any atom is -0.478 e. The Kier molecular flexibility index (Phi) is 10.4. The number of aliphatic carboxylic acids is 2. The largest absolute Gasteiger partial charge is 0.478 e. The molecular weight excluding hydrogens is 340 g/mol. The highest BCUT2D eigenvalue weighted by Crippen LogP contribution is 2.08. The first-order valence-corrected chi connectivity index (χ1v) is 7.91. The van der Waals surface area contributed by atoms with Crippen molar-refractivity contribution in [3.63, 3.8) is 0 Å². The molecule has 0 saturated carbocycles. The Morgan fingerprint density at radius 1 is 1.12 bits per heavy atom. The van der Waals surface area contributed by atoms with Crippen LogP contribution in [0, 0.1) is 0 Å². The summed E-state index contributed by atoms with van der Waals surface area (Å²) in [5.74, 6) is -2.51. The quantitative estimate of drug-likeness (QED) is 0.563. The Bertz CT molecular complexity index is 592. The second-order valence-corrected chi connectivity index (χ2v) is 6.28. The third kappa shape index (κ3) is 13.6. The van der Waals surface area contributed by atoms with Crippen LogP contribution in [0.3, 0.4) is 0 Å². The van der Waals surface area contributed by atoms with Crippen LogP contribution in [0.25, 0.3) is 0 Å². The van der Waals surface area contributed by atoms with Crippen molar-refractivity contribution in [1.82, 2.24) is 5.32 Å². The third-order valence-corrected chi connectivity index (χ3v) is 2.70. The Balaban J connectivity index is 0.000000660. The number of hydrogen-bond donors (Lipinski definition) is 4. The Morgan fingerprint density at radius 3 is 2.00 bits per heavy atom. The monoisotopic (exact) mass is 366 g/mol. The molecule has 1 rings (SSSR count). The minimum absolute atomic E-state index is 0.109. The summed E-state index contributed by atoms with van der Waals surface area (Å²) in [7, 11) is 0. The lowest BCUT2D eigenvalue weighted by Crippen LogP contribution is -2.44. The zero-order valence-corrected chi connectivity index (χ0v) is 15.1. The van der Waals surface area contributed by atoms with Gasteiger partial charge in [0, 0.05) is 24.7 Å². The number of hydrogen-bond acceptors (Lipinski definition) is 5. The smallest absolute Gasteiger partial charge is 0.407 e. The molecule has 8 heteroatoms. The van der Waals surface area contributed by atoms with E-state index in [1.54, 1.807) is 0 Å². The van der Waals surface area contributed by atoms with Crippen molar-refractivity contribution in [2.45, 2.75) is 38.8 Å². The highest BCUT2D eigenvalue weighted by atomic mass is 16.6. The molecule has 0 aromatic heterocycles. The van der Waals surface area contributed by atoms with Gasteiger partial charge in [0.05, 0.1) is 0 Å². The fourth-order valence-corrected chi connectivity index (χ4v) is 1.71. The summed E-state index contributed by atoms with van der Waals surface area (Å²) in [6.07, 6.45) is 1.40. The Labute approximate surface area is 152 Å². The van der Waals surface area contributed by atoms with Gasteiger partial charge in [0.2, 0.25) is 0 Å². The molecule has 0 saturated heterocycles. The molecule has 26 heavy (non-hydrogen) atoms. The number of nitrogens with two attached hydrogens (primary N) is 1. The average Bonchev–Trinajstić information content (AvgIpc) is 2.52. The lowest BCUT2D eigenvalue weighted by Gasteiger charge is -2.23. The van der Waals surface area contributed by atoms with E-state index in [1.807, 2.05) is 51.1 Å². The fraction of sp³-hybridized carbons (Fsp3) is 0.389. The number of nitrogens with one attached hydrogen (secondary N) is 1. The average molecular weight is 366 g/mol. The predicted octanol–water partition coefficient (Wildman–Crippen LogP) is 1.79. The molecule has 0 fully saturated rings. The van der Waals surface area contributed by atoms with Crippen molar-refractivity contribution in [3.8, 4) is 0 Å². The van der Waals surface area contributed by atoms with E-state index in [-0.39, 0.29) is 6.04 Å². The lowest BCUT2D eigenvalue weighted by molar-refractivity contribution is -0.134. The number of carboxylic acids is 2. The molecule has 1 aromatic carbocycles. The molecule has 1 atom stereocenters. The van der Waals surface area contributed by atoms with Gasteiger partial charge in [-0.15, -0.1) is 0 Å². The van der Waals surface area contributed by atoms with Gasteiger partial charge in [-0.3, -0.25) is 0 Å². The van der Waals surface area contributed by atoms with Gasteiger partial charge in [0.15, 0.2) is 0 Å². The molecule has 0 aliphatic heterocycles. The number of rotatable bonds is 6. The van der Waals surface area contributed by atoms with Gasteiger partial charge in [0.25, 0.3) is 0 Å². The van der Waals surface area contributed by atoms with E-state index < -0.39 is 23.6 Å². The molecule has 0 spiro atoms. The van der Waals surface area contributed by atoms with Gasteiger partial charge in [-0.2, -0.15) is 0 Å². The number of amides is 1. The molecule has 144 valence electrons. The predicted molar refractivity (Wildman–Crippen MR) is 96.8 cm³/mol. The summed E-state index contributed by atoms with van der Waals surface area (Å²) in [4.78, 5) is 30.7. The van der Waals surface area contributed by atoms with E-state index in [1.165, 1.54) is 0 Å². The fourth-order valence-electron chi connectivity index (χ4n) is 1.71. The van der Waals surface area contributed by atoms with Crippen LogP contribution in [0.2, 0.25) is 0 Å². The van der Waals surface area contributed by atoms with Crippen molar-refractivity contribution in [2.75, 3.05) is 6.54 Å². The topological polar surface area (TPSA) is 139 Å². The zero-order chi connectivity index (χ0) is 20.2. The molecule has 0 aliphatic rings. The number of alkyl carbamates (subject to hydrolysis) is 1. The molecule has 1 unspecified atom stereocenters. The Morgan fingerprint density at radius 2 is 1.62 bits per heavy atom. The second kappa shape index (κ2) is 11.6. The van der Waals surface area contributed by atoms with Crippen molar-refractivity contribution < 1.29 is 29.3 Å². The number of carbonyl (C=O) groups excluding carboxylic acids is 1. The molecule has 0 aliphatic carbocycles. The maximum Gasteiger partial charge on any atom is 0.407 e. The van der Waals surface area contributed by atoms with Gasteiger partial charge in [0.1, 0.15) is 5.60 Å². The maximum atomic E-state index is 11.6. The number of carboxylic acid groups (broad SMARTS) is 2. The number of ether oxygens (including phenoxy) is 1. The molecule has 1 aromatic rings. The van der Waals surface area contributed by atoms with Crippen LogP contribution in [-0.4, -0.2) is 46.4 Å². The van der Waals surface area contributed by atoms with Crippen molar-refractivity contribution in [1.29, 1.82) is 0 Å². The summed E-state index contributed by atoms with van der Waals surface area (Å²) in [6, 6.07) is 9.82. The second-order valence-electron chi connectivity index (χ2n) is 6.28. The molecule has 5 N–H and O–H groups in total. The Hall–Kier alpha value is -2.87. The lowest BCUT2D eigenvalue weighted by atomic mass is 10.1. The summed E-state index contributed by atoms with van der Waals surface area (Å²) in [5, 5.41) is 18.4. The minimum atomic E-state index is -1.26. The van der Waals surface area contributed by atoms with Crippen LogP contribution >= 0.6 is 0 Å². The van der Waals surface area contributed by atoms with Gasteiger partial charge in [-0.05, 0) is 32.8 Å².